The lowest BCUT2D eigenvalue weighted by Gasteiger charge is -2.30. The van der Waals surface area contributed by atoms with E-state index in [2.05, 4.69) is 0 Å². The van der Waals surface area contributed by atoms with E-state index in [1.54, 1.807) is 0 Å². The molecule has 1 aliphatic rings. The molecule has 1 aromatic rings. The first-order chi connectivity index (χ1) is 7.44. The highest BCUT2D eigenvalue weighted by Gasteiger charge is 2.34. The molecule has 1 aromatic carbocycles. The average Bonchev–Trinajstić information content (AvgIpc) is 2.17. The third kappa shape index (κ3) is 1.50. The molecular formula is C12H11NO3. The first kappa shape index (κ1) is 10.5. The zero-order valence-electron chi connectivity index (χ0n) is 9.07. The van der Waals surface area contributed by atoms with Gasteiger partial charge in [-0.3, -0.25) is 4.79 Å². The number of nitrogens with zero attached hydrogens (tertiary/aromatic N) is 1. The zero-order chi connectivity index (χ0) is 11.9. The van der Waals surface area contributed by atoms with Crippen LogP contribution in [0.4, 0.5) is 0 Å². The van der Waals surface area contributed by atoms with Crippen molar-refractivity contribution in [1.29, 1.82) is 5.26 Å². The largest absolute Gasteiger partial charge is 0.507 e. The van der Waals surface area contributed by atoms with Crippen LogP contribution in [-0.4, -0.2) is 11.1 Å². The Hall–Kier alpha value is -2.02. The number of hydrogen-bond acceptors (Lipinski definition) is 4. The van der Waals surface area contributed by atoms with Gasteiger partial charge in [-0.2, -0.15) is 5.26 Å². The lowest BCUT2D eigenvalue weighted by Crippen LogP contribution is -2.30. The Morgan fingerprint density at radius 2 is 2.19 bits per heavy atom. The summed E-state index contributed by atoms with van der Waals surface area (Å²) in [4.78, 5) is 11.4. The number of rotatable bonds is 0. The molecule has 0 amide bonds. The van der Waals surface area contributed by atoms with Crippen molar-refractivity contribution < 1.29 is 14.6 Å². The van der Waals surface area contributed by atoms with Crippen LogP contribution in [0.2, 0.25) is 0 Å². The van der Waals surface area contributed by atoms with Crippen LogP contribution in [0.1, 0.15) is 31.4 Å². The molecule has 0 unspecified atom stereocenters. The molecule has 1 aliphatic heterocycles. The Morgan fingerprint density at radius 1 is 1.50 bits per heavy atom. The van der Waals surface area contributed by atoms with Crippen LogP contribution >= 0.6 is 0 Å². The maximum Gasteiger partial charge on any atom is 0.312 e. The molecule has 0 atom stereocenters. The van der Waals surface area contributed by atoms with Gasteiger partial charge in [0.2, 0.25) is 0 Å². The molecule has 4 nitrogen and oxygen atoms in total. The van der Waals surface area contributed by atoms with Gasteiger partial charge < -0.3 is 9.84 Å². The number of hydrogen-bond donors (Lipinski definition) is 1. The number of fused-ring (bicyclic) bond motifs is 1. The average molecular weight is 217 g/mol. The Bertz CT molecular complexity index is 512. The topological polar surface area (TPSA) is 70.3 Å². The highest BCUT2D eigenvalue weighted by molar-refractivity contribution is 5.78. The summed E-state index contributed by atoms with van der Waals surface area (Å²) in [6, 6.07) is 4.75. The number of nitriles is 1. The minimum absolute atomic E-state index is 0.0766. The SMILES string of the molecule is CC1(C)CC(=O)Oc2cc(C#N)c(O)cc21. The van der Waals surface area contributed by atoms with E-state index in [4.69, 9.17) is 10.00 Å². The fraction of sp³-hybridized carbons (Fsp3) is 0.333. The van der Waals surface area contributed by atoms with E-state index in [0.29, 0.717) is 5.75 Å². The molecule has 2 rings (SSSR count). The quantitative estimate of drug-likeness (QED) is 0.531. The second kappa shape index (κ2) is 3.24. The summed E-state index contributed by atoms with van der Waals surface area (Å²) in [7, 11) is 0. The molecule has 0 saturated carbocycles. The number of aromatic hydroxyl groups is 1. The number of phenolic OH excluding ortho intramolecular Hbond substituents is 1. The van der Waals surface area contributed by atoms with Gasteiger partial charge in [0.15, 0.2) is 0 Å². The smallest absolute Gasteiger partial charge is 0.312 e. The first-order valence-corrected chi connectivity index (χ1v) is 4.92. The van der Waals surface area contributed by atoms with Crippen LogP contribution in [0.5, 0.6) is 11.5 Å². The van der Waals surface area contributed by atoms with E-state index >= 15 is 0 Å². The Balaban J connectivity index is 2.65. The predicted octanol–water partition coefficient (Wildman–Crippen LogP) is 1.85. The van der Waals surface area contributed by atoms with E-state index in [9.17, 15) is 9.90 Å². The number of esters is 1. The lowest BCUT2D eigenvalue weighted by molar-refractivity contribution is -0.136. The van der Waals surface area contributed by atoms with Crippen molar-refractivity contribution in [2.45, 2.75) is 25.7 Å². The van der Waals surface area contributed by atoms with Crippen molar-refractivity contribution in [2.24, 2.45) is 0 Å². The Kier molecular flexibility index (Phi) is 2.13. The molecule has 0 bridgehead atoms. The highest BCUT2D eigenvalue weighted by atomic mass is 16.5. The molecule has 0 aliphatic carbocycles. The second-order valence-corrected chi connectivity index (χ2v) is 4.51. The molecule has 0 fully saturated rings. The van der Waals surface area contributed by atoms with E-state index < -0.39 is 0 Å². The lowest BCUT2D eigenvalue weighted by atomic mass is 9.79. The molecule has 1 N–H and O–H groups in total. The van der Waals surface area contributed by atoms with Crippen molar-refractivity contribution in [2.75, 3.05) is 0 Å². The maximum atomic E-state index is 11.4. The normalized spacial score (nSPS) is 17.2. The standard InChI is InChI=1S/C12H11NO3/c1-12(2)5-11(15)16-10-3-7(6-13)9(14)4-8(10)12/h3-4,14H,5H2,1-2H3. The van der Waals surface area contributed by atoms with E-state index in [0.717, 1.165) is 5.56 Å². The van der Waals surface area contributed by atoms with Gasteiger partial charge in [0, 0.05) is 17.0 Å². The van der Waals surface area contributed by atoms with Crippen LogP contribution in [0, 0.1) is 11.3 Å². The fourth-order valence-electron chi connectivity index (χ4n) is 1.89. The molecular weight excluding hydrogens is 206 g/mol. The third-order valence-corrected chi connectivity index (χ3v) is 2.76. The number of phenols is 1. The summed E-state index contributed by atoms with van der Waals surface area (Å²) in [5, 5.41) is 18.4. The molecule has 1 heterocycles. The van der Waals surface area contributed by atoms with Gasteiger partial charge in [0.05, 0.1) is 12.0 Å². The summed E-state index contributed by atoms with van der Waals surface area (Å²) in [6.07, 6.45) is 0.269. The van der Waals surface area contributed by atoms with Crippen molar-refractivity contribution in [3.05, 3.63) is 23.3 Å². The summed E-state index contributed by atoms with van der Waals surface area (Å²) in [5.74, 6) is -0.0186. The summed E-state index contributed by atoms with van der Waals surface area (Å²) in [5.41, 5.74) is 0.490. The monoisotopic (exact) mass is 217 g/mol. The molecule has 82 valence electrons. The molecule has 0 aromatic heterocycles. The number of carbonyl (C=O) groups excluding carboxylic acids is 1. The van der Waals surface area contributed by atoms with Gasteiger partial charge in [0.1, 0.15) is 17.6 Å². The first-order valence-electron chi connectivity index (χ1n) is 4.92. The summed E-state index contributed by atoms with van der Waals surface area (Å²) < 4.78 is 5.06. The van der Waals surface area contributed by atoms with Gasteiger partial charge in [-0.1, -0.05) is 13.8 Å². The summed E-state index contributed by atoms with van der Waals surface area (Å²) >= 11 is 0. The van der Waals surface area contributed by atoms with Crippen LogP contribution in [0.3, 0.4) is 0 Å². The number of carbonyl (C=O) groups is 1. The third-order valence-electron chi connectivity index (χ3n) is 2.76. The van der Waals surface area contributed by atoms with Gasteiger partial charge in [-0.15, -0.1) is 0 Å². The van der Waals surface area contributed by atoms with Gasteiger partial charge in [-0.05, 0) is 6.07 Å². The Morgan fingerprint density at radius 3 is 2.81 bits per heavy atom. The number of benzene rings is 1. The van der Waals surface area contributed by atoms with Crippen molar-refractivity contribution in [3.63, 3.8) is 0 Å². The fourth-order valence-corrected chi connectivity index (χ4v) is 1.89. The molecule has 16 heavy (non-hydrogen) atoms. The number of ether oxygens (including phenoxy) is 1. The second-order valence-electron chi connectivity index (χ2n) is 4.51. The van der Waals surface area contributed by atoms with Crippen LogP contribution in [-0.2, 0) is 10.2 Å². The van der Waals surface area contributed by atoms with E-state index in [1.165, 1.54) is 12.1 Å². The Labute approximate surface area is 93.1 Å². The van der Waals surface area contributed by atoms with E-state index in [-0.39, 0.29) is 29.1 Å². The molecule has 0 saturated heterocycles. The van der Waals surface area contributed by atoms with Gasteiger partial charge >= 0.3 is 5.97 Å². The minimum atomic E-state index is -0.379. The van der Waals surface area contributed by atoms with Gasteiger partial charge in [0.25, 0.3) is 0 Å². The zero-order valence-corrected chi connectivity index (χ0v) is 9.07. The molecule has 0 spiro atoms. The van der Waals surface area contributed by atoms with Gasteiger partial charge in [-0.25, -0.2) is 0 Å². The minimum Gasteiger partial charge on any atom is -0.507 e. The summed E-state index contributed by atoms with van der Waals surface area (Å²) in [6.45, 7) is 3.80. The highest BCUT2D eigenvalue weighted by Crippen LogP contribution is 2.41. The van der Waals surface area contributed by atoms with Crippen LogP contribution in [0.15, 0.2) is 12.1 Å². The van der Waals surface area contributed by atoms with E-state index in [1.807, 2.05) is 19.9 Å². The van der Waals surface area contributed by atoms with Crippen LogP contribution in [0.25, 0.3) is 0 Å². The molecule has 4 heteroatoms. The van der Waals surface area contributed by atoms with Crippen LogP contribution < -0.4 is 4.74 Å². The van der Waals surface area contributed by atoms with Crippen molar-refractivity contribution in [1.82, 2.24) is 0 Å². The molecule has 0 radical (unpaired) electrons. The van der Waals surface area contributed by atoms with Crippen molar-refractivity contribution in [3.8, 4) is 17.6 Å². The maximum absolute atomic E-state index is 11.4. The van der Waals surface area contributed by atoms with Crippen molar-refractivity contribution >= 4 is 5.97 Å². The predicted molar refractivity (Wildman–Crippen MR) is 56.1 cm³/mol.